The van der Waals surface area contributed by atoms with E-state index in [2.05, 4.69) is 4.99 Å². The second-order valence-corrected chi connectivity index (χ2v) is 2.89. The molecule has 0 aromatic rings. The Balaban J connectivity index is 2.45. The molecule has 0 aromatic carbocycles. The van der Waals surface area contributed by atoms with E-state index in [0.717, 1.165) is 6.54 Å². The summed E-state index contributed by atoms with van der Waals surface area (Å²) in [5.74, 6) is 1.30. The molecule has 1 unspecified atom stereocenters. The van der Waals surface area contributed by atoms with Crippen molar-refractivity contribution in [2.24, 2.45) is 16.6 Å². The predicted molar refractivity (Wildman–Crippen MR) is 45.7 cm³/mol. The summed E-state index contributed by atoms with van der Waals surface area (Å²) < 4.78 is 5.23. The van der Waals surface area contributed by atoms with Crippen molar-refractivity contribution in [3.63, 3.8) is 0 Å². The summed E-state index contributed by atoms with van der Waals surface area (Å²) in [6, 6.07) is 0. The number of methoxy groups -OCH3 is 1. The van der Waals surface area contributed by atoms with Gasteiger partial charge in [-0.1, -0.05) is 0 Å². The first kappa shape index (κ1) is 8.53. The van der Waals surface area contributed by atoms with Crippen molar-refractivity contribution < 1.29 is 4.74 Å². The first-order valence-electron chi connectivity index (χ1n) is 4.12. The van der Waals surface area contributed by atoms with E-state index in [-0.39, 0.29) is 6.10 Å². The third kappa shape index (κ3) is 2.19. The molecule has 0 spiro atoms. The monoisotopic (exact) mass is 156 g/mol. The second-order valence-electron chi connectivity index (χ2n) is 2.89. The normalized spacial score (nSPS) is 21.8. The van der Waals surface area contributed by atoms with Gasteiger partial charge in [-0.2, -0.15) is 0 Å². The maximum atomic E-state index is 5.70. The Kier molecular flexibility index (Phi) is 2.88. The van der Waals surface area contributed by atoms with Gasteiger partial charge in [0, 0.05) is 13.7 Å². The lowest BCUT2D eigenvalue weighted by Gasteiger charge is -2.12. The number of nitrogens with zero attached hydrogens (tertiary/aromatic N) is 1. The van der Waals surface area contributed by atoms with E-state index in [1.807, 2.05) is 6.92 Å². The van der Waals surface area contributed by atoms with Crippen LogP contribution in [0.2, 0.25) is 0 Å². The molecular formula is C8H16N2O. The van der Waals surface area contributed by atoms with Crippen LogP contribution in [0.1, 0.15) is 19.8 Å². The van der Waals surface area contributed by atoms with E-state index in [4.69, 9.17) is 10.5 Å². The smallest absolute Gasteiger partial charge is 0.123 e. The van der Waals surface area contributed by atoms with Crippen LogP contribution in [0.5, 0.6) is 0 Å². The molecule has 2 N–H and O–H groups in total. The first-order valence-corrected chi connectivity index (χ1v) is 4.12. The molecule has 1 aliphatic rings. The van der Waals surface area contributed by atoms with E-state index in [1.165, 1.54) is 12.8 Å². The zero-order chi connectivity index (χ0) is 8.27. The van der Waals surface area contributed by atoms with Crippen molar-refractivity contribution >= 4 is 5.84 Å². The number of ether oxygens (including phenoxy) is 1. The molecule has 0 saturated heterocycles. The van der Waals surface area contributed by atoms with E-state index in [1.54, 1.807) is 7.11 Å². The van der Waals surface area contributed by atoms with Crippen LogP contribution in [0, 0.1) is 5.92 Å². The van der Waals surface area contributed by atoms with Gasteiger partial charge in [-0.05, 0) is 25.7 Å². The largest absolute Gasteiger partial charge is 0.385 e. The van der Waals surface area contributed by atoms with Gasteiger partial charge in [-0.3, -0.25) is 4.99 Å². The molecule has 1 saturated carbocycles. The third-order valence-electron chi connectivity index (χ3n) is 1.94. The standard InChI is InChI=1S/C8H16N2O/c1-3-10-8(9)7(11-2)6-4-5-6/h6-7H,3-5H2,1-2H3,(H2,9,10). The Morgan fingerprint density at radius 1 is 1.73 bits per heavy atom. The van der Waals surface area contributed by atoms with Crippen LogP contribution >= 0.6 is 0 Å². The fourth-order valence-corrected chi connectivity index (χ4v) is 1.23. The van der Waals surface area contributed by atoms with Crippen LogP contribution in [-0.2, 0) is 4.74 Å². The molecule has 1 fully saturated rings. The molecule has 0 radical (unpaired) electrons. The number of amidine groups is 1. The van der Waals surface area contributed by atoms with Gasteiger partial charge in [0.2, 0.25) is 0 Å². The Morgan fingerprint density at radius 2 is 2.36 bits per heavy atom. The molecule has 1 aliphatic carbocycles. The van der Waals surface area contributed by atoms with Crippen LogP contribution in [0.4, 0.5) is 0 Å². The SMILES string of the molecule is CCN=C(N)C(OC)C1CC1. The topological polar surface area (TPSA) is 47.6 Å². The first-order chi connectivity index (χ1) is 5.29. The van der Waals surface area contributed by atoms with Gasteiger partial charge < -0.3 is 10.5 Å². The molecule has 0 aromatic heterocycles. The molecule has 0 bridgehead atoms. The Bertz CT molecular complexity index is 152. The Morgan fingerprint density at radius 3 is 2.73 bits per heavy atom. The van der Waals surface area contributed by atoms with Crippen LogP contribution < -0.4 is 5.73 Å². The number of hydrogen-bond donors (Lipinski definition) is 1. The van der Waals surface area contributed by atoms with Gasteiger partial charge >= 0.3 is 0 Å². The molecule has 3 heteroatoms. The number of rotatable bonds is 4. The van der Waals surface area contributed by atoms with Gasteiger partial charge in [-0.25, -0.2) is 0 Å². The second kappa shape index (κ2) is 3.72. The lowest BCUT2D eigenvalue weighted by atomic mass is 10.2. The van der Waals surface area contributed by atoms with Crippen molar-refractivity contribution in [3.05, 3.63) is 0 Å². The van der Waals surface area contributed by atoms with Gasteiger partial charge in [0.25, 0.3) is 0 Å². The fourth-order valence-electron chi connectivity index (χ4n) is 1.23. The average Bonchev–Trinajstić information content (AvgIpc) is 2.73. The van der Waals surface area contributed by atoms with Crippen LogP contribution in [0.15, 0.2) is 4.99 Å². The minimum atomic E-state index is 0.0787. The summed E-state index contributed by atoms with van der Waals surface area (Å²) in [5, 5.41) is 0. The fraction of sp³-hybridized carbons (Fsp3) is 0.875. The molecule has 0 amide bonds. The molecular weight excluding hydrogens is 140 g/mol. The Labute approximate surface area is 67.6 Å². The van der Waals surface area contributed by atoms with Crippen molar-refractivity contribution in [1.82, 2.24) is 0 Å². The third-order valence-corrected chi connectivity index (χ3v) is 1.94. The molecule has 3 nitrogen and oxygen atoms in total. The lowest BCUT2D eigenvalue weighted by molar-refractivity contribution is 0.137. The van der Waals surface area contributed by atoms with Gasteiger partial charge in [-0.15, -0.1) is 0 Å². The molecule has 11 heavy (non-hydrogen) atoms. The van der Waals surface area contributed by atoms with Crippen molar-refractivity contribution in [2.75, 3.05) is 13.7 Å². The Hall–Kier alpha value is -0.570. The van der Waals surface area contributed by atoms with Crippen molar-refractivity contribution in [2.45, 2.75) is 25.9 Å². The lowest BCUT2D eigenvalue weighted by Crippen LogP contribution is -2.32. The minimum absolute atomic E-state index is 0.0787. The summed E-state index contributed by atoms with van der Waals surface area (Å²) in [5.41, 5.74) is 5.70. The predicted octanol–water partition coefficient (Wildman–Crippen LogP) is 0.788. The van der Waals surface area contributed by atoms with E-state index < -0.39 is 0 Å². The highest BCUT2D eigenvalue weighted by molar-refractivity contribution is 5.85. The van der Waals surface area contributed by atoms with Gasteiger partial charge in [0.15, 0.2) is 0 Å². The highest BCUT2D eigenvalue weighted by atomic mass is 16.5. The van der Waals surface area contributed by atoms with E-state index in [0.29, 0.717) is 11.8 Å². The highest BCUT2D eigenvalue weighted by Gasteiger charge is 2.33. The molecule has 64 valence electrons. The molecule has 1 rings (SSSR count). The van der Waals surface area contributed by atoms with Crippen LogP contribution in [0.25, 0.3) is 0 Å². The molecule has 1 atom stereocenters. The quantitative estimate of drug-likeness (QED) is 0.483. The van der Waals surface area contributed by atoms with Gasteiger partial charge in [0.05, 0.1) is 0 Å². The number of hydrogen-bond acceptors (Lipinski definition) is 2. The molecule has 0 aliphatic heterocycles. The maximum absolute atomic E-state index is 5.70. The molecule has 0 heterocycles. The van der Waals surface area contributed by atoms with Gasteiger partial charge in [0.1, 0.15) is 11.9 Å². The zero-order valence-corrected chi connectivity index (χ0v) is 7.21. The maximum Gasteiger partial charge on any atom is 0.123 e. The summed E-state index contributed by atoms with van der Waals surface area (Å²) in [4.78, 5) is 4.13. The number of nitrogens with two attached hydrogens (primary N) is 1. The summed E-state index contributed by atoms with van der Waals surface area (Å²) in [6.45, 7) is 2.73. The summed E-state index contributed by atoms with van der Waals surface area (Å²) >= 11 is 0. The zero-order valence-electron chi connectivity index (χ0n) is 7.21. The highest BCUT2D eigenvalue weighted by Crippen LogP contribution is 2.34. The average molecular weight is 156 g/mol. The summed E-state index contributed by atoms with van der Waals surface area (Å²) in [6.07, 6.45) is 2.55. The van der Waals surface area contributed by atoms with Crippen LogP contribution in [0.3, 0.4) is 0 Å². The van der Waals surface area contributed by atoms with Crippen molar-refractivity contribution in [1.29, 1.82) is 0 Å². The van der Waals surface area contributed by atoms with Crippen LogP contribution in [-0.4, -0.2) is 25.6 Å². The van der Waals surface area contributed by atoms with E-state index >= 15 is 0 Å². The summed E-state index contributed by atoms with van der Waals surface area (Å²) in [7, 11) is 1.70. The van der Waals surface area contributed by atoms with Crippen molar-refractivity contribution in [3.8, 4) is 0 Å². The number of aliphatic imine (C=N–C) groups is 1. The van der Waals surface area contributed by atoms with E-state index in [9.17, 15) is 0 Å². The minimum Gasteiger partial charge on any atom is -0.385 e.